The van der Waals surface area contributed by atoms with Crippen molar-refractivity contribution in [3.63, 3.8) is 0 Å². The maximum absolute atomic E-state index is 12.3. The largest absolute Gasteiger partial charge is 0.273 e. The fourth-order valence-corrected chi connectivity index (χ4v) is 3.60. The van der Waals surface area contributed by atoms with Gasteiger partial charge in [0.05, 0.1) is 18.5 Å². The average molecular weight is 372 g/mol. The molecule has 5 nitrogen and oxygen atoms in total. The number of nitrogens with one attached hydrogen (secondary N) is 1. The molecule has 0 bridgehead atoms. The van der Waals surface area contributed by atoms with E-state index in [9.17, 15) is 4.79 Å². The van der Waals surface area contributed by atoms with Crippen LogP contribution in [0.15, 0.2) is 65.8 Å². The van der Waals surface area contributed by atoms with E-state index in [0.29, 0.717) is 12.5 Å². The first-order chi connectivity index (χ1) is 13.6. The van der Waals surface area contributed by atoms with Crippen molar-refractivity contribution in [3.8, 4) is 0 Å². The first-order valence-electron chi connectivity index (χ1n) is 9.59. The lowest BCUT2D eigenvalue weighted by Crippen LogP contribution is -2.20. The molecule has 142 valence electrons. The molecule has 2 atom stereocenters. The second kappa shape index (κ2) is 7.80. The summed E-state index contributed by atoms with van der Waals surface area (Å²) in [5.74, 6) is 0.313. The minimum absolute atomic E-state index is 0.0162. The molecular weight excluding hydrogens is 348 g/mol. The highest BCUT2D eigenvalue weighted by Crippen LogP contribution is 2.47. The molecule has 4 rings (SSSR count). The Morgan fingerprint density at radius 3 is 2.54 bits per heavy atom. The van der Waals surface area contributed by atoms with Crippen LogP contribution in [-0.2, 0) is 11.3 Å². The van der Waals surface area contributed by atoms with Gasteiger partial charge in [-0.1, -0.05) is 60.7 Å². The molecule has 1 saturated carbocycles. The minimum Gasteiger partial charge on any atom is -0.273 e. The fourth-order valence-electron chi connectivity index (χ4n) is 3.60. The molecule has 2 unspecified atom stereocenters. The molecule has 1 amide bonds. The van der Waals surface area contributed by atoms with Crippen LogP contribution in [0.3, 0.4) is 0 Å². The van der Waals surface area contributed by atoms with Crippen molar-refractivity contribution in [2.45, 2.75) is 32.7 Å². The van der Waals surface area contributed by atoms with Gasteiger partial charge in [0, 0.05) is 17.2 Å². The average Bonchev–Trinajstić information content (AvgIpc) is 3.48. The Kier molecular flexibility index (Phi) is 5.06. The van der Waals surface area contributed by atoms with Crippen molar-refractivity contribution in [2.75, 3.05) is 0 Å². The van der Waals surface area contributed by atoms with Crippen LogP contribution in [0.5, 0.6) is 0 Å². The van der Waals surface area contributed by atoms with Gasteiger partial charge < -0.3 is 0 Å². The minimum atomic E-state index is -0.0166. The van der Waals surface area contributed by atoms with E-state index in [-0.39, 0.29) is 11.8 Å². The highest BCUT2D eigenvalue weighted by molar-refractivity contribution is 5.86. The van der Waals surface area contributed by atoms with E-state index in [1.165, 1.54) is 11.1 Å². The van der Waals surface area contributed by atoms with Crippen LogP contribution in [0.25, 0.3) is 0 Å². The second-order valence-electron chi connectivity index (χ2n) is 7.32. The van der Waals surface area contributed by atoms with Crippen molar-refractivity contribution in [2.24, 2.45) is 11.0 Å². The van der Waals surface area contributed by atoms with E-state index in [2.05, 4.69) is 39.9 Å². The summed E-state index contributed by atoms with van der Waals surface area (Å²) in [6, 6.07) is 20.4. The number of aryl methyl sites for hydroxylation is 1. The lowest BCUT2D eigenvalue weighted by Gasteiger charge is -2.04. The number of amides is 1. The summed E-state index contributed by atoms with van der Waals surface area (Å²) in [5.41, 5.74) is 8.01. The van der Waals surface area contributed by atoms with E-state index in [1.54, 1.807) is 6.21 Å². The first-order valence-corrected chi connectivity index (χ1v) is 9.59. The highest BCUT2D eigenvalue weighted by Gasteiger charge is 2.43. The summed E-state index contributed by atoms with van der Waals surface area (Å²) in [4.78, 5) is 12.3. The van der Waals surface area contributed by atoms with Crippen LogP contribution in [0.2, 0.25) is 0 Å². The molecule has 1 heterocycles. The zero-order valence-corrected chi connectivity index (χ0v) is 16.2. The van der Waals surface area contributed by atoms with Gasteiger partial charge in [0.15, 0.2) is 0 Å². The third-order valence-electron chi connectivity index (χ3n) is 5.34. The van der Waals surface area contributed by atoms with Gasteiger partial charge in [-0.25, -0.2) is 5.43 Å². The predicted octanol–water partition coefficient (Wildman–Crippen LogP) is 3.80. The van der Waals surface area contributed by atoms with Gasteiger partial charge in [-0.15, -0.1) is 0 Å². The van der Waals surface area contributed by atoms with E-state index in [1.807, 2.05) is 54.9 Å². The van der Waals surface area contributed by atoms with Crippen LogP contribution in [0.4, 0.5) is 0 Å². The maximum atomic E-state index is 12.3. The number of hydrogen-bond donors (Lipinski definition) is 1. The SMILES string of the molecule is Cc1nn(Cc2ccccc2)c(C)c1C=NNC(=O)C1CC1c1ccccc1. The summed E-state index contributed by atoms with van der Waals surface area (Å²) >= 11 is 0. The molecule has 1 fully saturated rings. The summed E-state index contributed by atoms with van der Waals surface area (Å²) in [6.45, 7) is 4.71. The van der Waals surface area contributed by atoms with Crippen molar-refractivity contribution in [1.82, 2.24) is 15.2 Å². The number of rotatable bonds is 6. The Hall–Kier alpha value is -3.21. The molecular formula is C23H24N4O. The summed E-state index contributed by atoms with van der Waals surface area (Å²) in [6.07, 6.45) is 2.59. The summed E-state index contributed by atoms with van der Waals surface area (Å²) < 4.78 is 1.97. The zero-order chi connectivity index (χ0) is 19.5. The quantitative estimate of drug-likeness (QED) is 0.528. The van der Waals surface area contributed by atoms with Crippen molar-refractivity contribution in [3.05, 3.63) is 88.7 Å². The molecule has 2 aromatic carbocycles. The first kappa shape index (κ1) is 18.2. The molecule has 1 aliphatic rings. The number of hydrazone groups is 1. The van der Waals surface area contributed by atoms with Crippen LogP contribution in [0.1, 0.15) is 40.4 Å². The van der Waals surface area contributed by atoms with Gasteiger partial charge >= 0.3 is 0 Å². The topological polar surface area (TPSA) is 59.3 Å². The molecule has 5 heteroatoms. The highest BCUT2D eigenvalue weighted by atomic mass is 16.2. The van der Waals surface area contributed by atoms with Gasteiger partial charge in [-0.05, 0) is 37.3 Å². The molecule has 0 aliphatic heterocycles. The number of nitrogens with zero attached hydrogens (tertiary/aromatic N) is 3. The summed E-state index contributed by atoms with van der Waals surface area (Å²) in [5, 5.41) is 8.81. The Balaban J connectivity index is 1.38. The third kappa shape index (κ3) is 3.88. The van der Waals surface area contributed by atoms with E-state index in [4.69, 9.17) is 0 Å². The number of benzene rings is 2. The maximum Gasteiger partial charge on any atom is 0.243 e. The lowest BCUT2D eigenvalue weighted by molar-refractivity contribution is -0.122. The smallest absolute Gasteiger partial charge is 0.243 e. The van der Waals surface area contributed by atoms with Gasteiger partial charge in [0.1, 0.15) is 0 Å². The third-order valence-corrected chi connectivity index (χ3v) is 5.34. The Bertz CT molecular complexity index is 992. The van der Waals surface area contributed by atoms with E-state index in [0.717, 1.165) is 23.4 Å². The van der Waals surface area contributed by atoms with E-state index >= 15 is 0 Å². The molecule has 0 spiro atoms. The standard InChI is InChI=1S/C23H24N4O/c1-16-22(17(2)27(26-16)15-18-9-5-3-6-10-18)14-24-25-23(28)21-13-20(21)19-11-7-4-8-12-19/h3-12,14,20-21H,13,15H2,1-2H3,(H,25,28). The van der Waals surface area contributed by atoms with Crippen LogP contribution in [-0.4, -0.2) is 21.9 Å². The molecule has 1 N–H and O–H groups in total. The molecule has 3 aromatic rings. The predicted molar refractivity (Wildman–Crippen MR) is 110 cm³/mol. The zero-order valence-electron chi connectivity index (χ0n) is 16.2. The number of carbonyl (C=O) groups is 1. The van der Waals surface area contributed by atoms with Crippen LogP contribution < -0.4 is 5.43 Å². The van der Waals surface area contributed by atoms with Gasteiger partial charge in [0.25, 0.3) is 0 Å². The molecule has 0 saturated heterocycles. The Morgan fingerprint density at radius 2 is 1.82 bits per heavy atom. The number of aromatic nitrogens is 2. The molecule has 28 heavy (non-hydrogen) atoms. The number of hydrogen-bond acceptors (Lipinski definition) is 3. The van der Waals surface area contributed by atoms with Crippen molar-refractivity contribution >= 4 is 12.1 Å². The van der Waals surface area contributed by atoms with Crippen LogP contribution in [0, 0.1) is 19.8 Å². The normalized spacial score (nSPS) is 18.4. The van der Waals surface area contributed by atoms with Crippen molar-refractivity contribution in [1.29, 1.82) is 0 Å². The molecule has 0 radical (unpaired) electrons. The van der Waals surface area contributed by atoms with Gasteiger partial charge in [-0.2, -0.15) is 10.2 Å². The Morgan fingerprint density at radius 1 is 1.14 bits per heavy atom. The van der Waals surface area contributed by atoms with Crippen LogP contribution >= 0.6 is 0 Å². The monoisotopic (exact) mass is 372 g/mol. The number of carbonyl (C=O) groups excluding carboxylic acids is 1. The van der Waals surface area contributed by atoms with E-state index < -0.39 is 0 Å². The Labute approximate surface area is 165 Å². The van der Waals surface area contributed by atoms with Crippen molar-refractivity contribution < 1.29 is 4.79 Å². The fraction of sp³-hybridized carbons (Fsp3) is 0.261. The molecule has 1 aliphatic carbocycles. The molecule has 1 aromatic heterocycles. The van der Waals surface area contributed by atoms with Gasteiger partial charge in [0.2, 0.25) is 5.91 Å². The lowest BCUT2D eigenvalue weighted by atomic mass is 10.1. The van der Waals surface area contributed by atoms with Gasteiger partial charge in [-0.3, -0.25) is 9.48 Å². The summed E-state index contributed by atoms with van der Waals surface area (Å²) in [7, 11) is 0. The second-order valence-corrected chi connectivity index (χ2v) is 7.32.